The molecule has 0 radical (unpaired) electrons. The summed E-state index contributed by atoms with van der Waals surface area (Å²) in [7, 11) is 0. The summed E-state index contributed by atoms with van der Waals surface area (Å²) in [6, 6.07) is 14.7. The van der Waals surface area contributed by atoms with E-state index >= 15 is 0 Å². The molecular weight excluding hydrogens is 504 g/mol. The topological polar surface area (TPSA) is 58.6 Å². The summed E-state index contributed by atoms with van der Waals surface area (Å²) in [5.41, 5.74) is 0.979. The van der Waals surface area contributed by atoms with Crippen molar-refractivity contribution < 1.29 is 14.3 Å². The zero-order chi connectivity index (χ0) is 23.6. The van der Waals surface area contributed by atoms with Crippen molar-refractivity contribution in [2.75, 3.05) is 6.61 Å². The van der Waals surface area contributed by atoms with Crippen LogP contribution < -0.4 is 10.1 Å². The van der Waals surface area contributed by atoms with Gasteiger partial charge < -0.3 is 15.0 Å². The van der Waals surface area contributed by atoms with E-state index in [1.54, 1.807) is 29.2 Å². The van der Waals surface area contributed by atoms with Gasteiger partial charge in [0.2, 0.25) is 11.8 Å². The third-order valence-electron chi connectivity index (χ3n) is 5.98. The van der Waals surface area contributed by atoms with Crippen LogP contribution in [0.4, 0.5) is 0 Å². The van der Waals surface area contributed by atoms with Crippen LogP contribution in [0.25, 0.3) is 0 Å². The van der Waals surface area contributed by atoms with E-state index in [0.717, 1.165) is 41.5 Å². The molecule has 1 atom stereocenters. The third-order valence-corrected chi connectivity index (χ3v) is 6.72. The van der Waals surface area contributed by atoms with E-state index in [0.29, 0.717) is 31.0 Å². The lowest BCUT2D eigenvalue weighted by Crippen LogP contribution is -2.50. The maximum absolute atomic E-state index is 13.2. The SMILES string of the molecule is C[C@@H](C(=O)NC1CCCCC1)N(Cc1cccc(Br)c1)C(=O)CCCOc1ccc(Cl)cc1. The maximum atomic E-state index is 13.2. The number of carbonyl (C=O) groups excluding carboxylic acids is 2. The maximum Gasteiger partial charge on any atom is 0.242 e. The van der Waals surface area contributed by atoms with Gasteiger partial charge in [-0.15, -0.1) is 0 Å². The summed E-state index contributed by atoms with van der Waals surface area (Å²) >= 11 is 9.39. The molecule has 5 nitrogen and oxygen atoms in total. The van der Waals surface area contributed by atoms with Gasteiger partial charge in [0.25, 0.3) is 0 Å². The van der Waals surface area contributed by atoms with Gasteiger partial charge in [-0.3, -0.25) is 9.59 Å². The van der Waals surface area contributed by atoms with E-state index in [1.807, 2.05) is 31.2 Å². The Kier molecular flexibility index (Phi) is 10.1. The van der Waals surface area contributed by atoms with Crippen molar-refractivity contribution in [2.45, 2.75) is 70.5 Å². The summed E-state index contributed by atoms with van der Waals surface area (Å²) in [5, 5.41) is 3.82. The molecule has 7 heteroatoms. The molecule has 33 heavy (non-hydrogen) atoms. The van der Waals surface area contributed by atoms with Gasteiger partial charge in [-0.25, -0.2) is 0 Å². The summed E-state index contributed by atoms with van der Waals surface area (Å²) in [4.78, 5) is 27.9. The Morgan fingerprint density at radius 2 is 1.88 bits per heavy atom. The standard InChI is InChI=1S/C26H32BrClN2O3/c1-19(26(32)29-23-9-3-2-4-10-23)30(18-20-7-5-8-21(27)17-20)25(31)11-6-16-33-24-14-12-22(28)13-15-24/h5,7-8,12-15,17,19,23H,2-4,6,9-11,16,18H2,1H3,(H,29,32)/t19-/m0/s1. The minimum absolute atomic E-state index is 0.0547. The molecule has 1 fully saturated rings. The number of ether oxygens (including phenoxy) is 1. The number of hydrogen-bond acceptors (Lipinski definition) is 3. The van der Waals surface area contributed by atoms with E-state index in [9.17, 15) is 9.59 Å². The molecule has 0 heterocycles. The van der Waals surface area contributed by atoms with Gasteiger partial charge in [-0.05, 0) is 68.1 Å². The van der Waals surface area contributed by atoms with E-state index < -0.39 is 6.04 Å². The summed E-state index contributed by atoms with van der Waals surface area (Å²) < 4.78 is 6.67. The quantitative estimate of drug-likeness (QED) is 0.373. The smallest absolute Gasteiger partial charge is 0.242 e. The van der Waals surface area contributed by atoms with Crippen LogP contribution in [0.3, 0.4) is 0 Å². The molecule has 2 amide bonds. The van der Waals surface area contributed by atoms with Gasteiger partial charge in [0.15, 0.2) is 0 Å². The molecule has 0 unspecified atom stereocenters. The molecule has 2 aromatic rings. The largest absolute Gasteiger partial charge is 0.494 e. The molecule has 1 aliphatic carbocycles. The molecule has 1 N–H and O–H groups in total. The number of halogens is 2. The number of carbonyl (C=O) groups is 2. The van der Waals surface area contributed by atoms with Crippen LogP contribution in [0, 0.1) is 0 Å². The Hall–Kier alpha value is -2.05. The molecular formula is C26H32BrClN2O3. The van der Waals surface area contributed by atoms with E-state index in [-0.39, 0.29) is 17.9 Å². The molecule has 1 aliphatic rings. The highest BCUT2D eigenvalue weighted by Crippen LogP contribution is 2.20. The van der Waals surface area contributed by atoms with E-state index in [1.165, 1.54) is 6.42 Å². The first-order valence-corrected chi connectivity index (χ1v) is 12.8. The Labute approximate surface area is 210 Å². The normalized spacial score (nSPS) is 15.0. The molecule has 0 aliphatic heterocycles. The van der Waals surface area contributed by atoms with Crippen molar-refractivity contribution in [2.24, 2.45) is 0 Å². The Morgan fingerprint density at radius 1 is 1.15 bits per heavy atom. The zero-order valence-electron chi connectivity index (χ0n) is 19.1. The summed E-state index contributed by atoms with van der Waals surface area (Å²) in [6.07, 6.45) is 6.42. The van der Waals surface area contributed by atoms with Gasteiger partial charge in [0.1, 0.15) is 11.8 Å². The van der Waals surface area contributed by atoms with Crippen LogP contribution in [-0.2, 0) is 16.1 Å². The number of nitrogens with zero attached hydrogens (tertiary/aromatic N) is 1. The number of hydrogen-bond donors (Lipinski definition) is 1. The molecule has 0 saturated heterocycles. The van der Waals surface area contributed by atoms with Crippen LogP contribution in [-0.4, -0.2) is 35.4 Å². The first-order valence-electron chi connectivity index (χ1n) is 11.6. The summed E-state index contributed by atoms with van der Waals surface area (Å²) in [6.45, 7) is 2.62. The lowest BCUT2D eigenvalue weighted by molar-refractivity contribution is -0.141. The molecule has 1 saturated carbocycles. The third kappa shape index (κ3) is 8.35. The van der Waals surface area contributed by atoms with Crippen molar-refractivity contribution in [3.8, 4) is 5.75 Å². The highest BCUT2D eigenvalue weighted by Gasteiger charge is 2.27. The number of benzene rings is 2. The first-order chi connectivity index (χ1) is 15.9. The fourth-order valence-electron chi connectivity index (χ4n) is 4.07. The predicted molar refractivity (Wildman–Crippen MR) is 135 cm³/mol. The average Bonchev–Trinajstić information content (AvgIpc) is 2.81. The molecule has 3 rings (SSSR count). The Bertz CT molecular complexity index is 916. The second-order valence-corrected chi connectivity index (χ2v) is 9.93. The van der Waals surface area contributed by atoms with Gasteiger partial charge in [0.05, 0.1) is 6.61 Å². The minimum Gasteiger partial charge on any atom is -0.494 e. The lowest BCUT2D eigenvalue weighted by Gasteiger charge is -2.31. The van der Waals surface area contributed by atoms with Gasteiger partial charge >= 0.3 is 0 Å². The number of nitrogens with one attached hydrogen (secondary N) is 1. The predicted octanol–water partition coefficient (Wildman–Crippen LogP) is 6.13. The van der Waals surface area contributed by atoms with Gasteiger partial charge in [-0.2, -0.15) is 0 Å². The van der Waals surface area contributed by atoms with Crippen LogP contribution in [0.15, 0.2) is 53.0 Å². The lowest BCUT2D eigenvalue weighted by atomic mass is 9.95. The fourth-order valence-corrected chi connectivity index (χ4v) is 4.64. The zero-order valence-corrected chi connectivity index (χ0v) is 21.4. The highest BCUT2D eigenvalue weighted by molar-refractivity contribution is 9.10. The van der Waals surface area contributed by atoms with Crippen molar-refractivity contribution >= 4 is 39.3 Å². The molecule has 2 aromatic carbocycles. The van der Waals surface area contributed by atoms with E-state index in [2.05, 4.69) is 21.2 Å². The first kappa shape index (κ1) is 25.6. The second-order valence-electron chi connectivity index (χ2n) is 8.58. The highest BCUT2D eigenvalue weighted by atomic mass is 79.9. The minimum atomic E-state index is -0.546. The van der Waals surface area contributed by atoms with Gasteiger partial charge in [-0.1, -0.05) is 58.9 Å². The average molecular weight is 536 g/mol. The molecule has 0 aromatic heterocycles. The summed E-state index contributed by atoms with van der Waals surface area (Å²) in [5.74, 6) is 0.585. The van der Waals surface area contributed by atoms with Crippen LogP contribution in [0.1, 0.15) is 57.4 Å². The van der Waals surface area contributed by atoms with Crippen molar-refractivity contribution in [3.63, 3.8) is 0 Å². The van der Waals surface area contributed by atoms with Crippen molar-refractivity contribution in [3.05, 3.63) is 63.6 Å². The fraction of sp³-hybridized carbons (Fsp3) is 0.462. The van der Waals surface area contributed by atoms with Crippen LogP contribution in [0.2, 0.25) is 5.02 Å². The molecule has 0 bridgehead atoms. The monoisotopic (exact) mass is 534 g/mol. The molecule has 0 spiro atoms. The Morgan fingerprint density at radius 3 is 2.58 bits per heavy atom. The van der Waals surface area contributed by atoms with E-state index in [4.69, 9.17) is 16.3 Å². The van der Waals surface area contributed by atoms with Crippen molar-refractivity contribution in [1.82, 2.24) is 10.2 Å². The van der Waals surface area contributed by atoms with Gasteiger partial charge in [0, 0.05) is 28.5 Å². The molecule has 178 valence electrons. The van der Waals surface area contributed by atoms with Crippen molar-refractivity contribution in [1.29, 1.82) is 0 Å². The van der Waals surface area contributed by atoms with Crippen LogP contribution in [0.5, 0.6) is 5.75 Å². The second kappa shape index (κ2) is 13.0. The van der Waals surface area contributed by atoms with Crippen LogP contribution >= 0.6 is 27.5 Å². The number of amides is 2. The number of rotatable bonds is 10. The Balaban J connectivity index is 1.60.